The summed E-state index contributed by atoms with van der Waals surface area (Å²) in [6.45, 7) is 10.1. The zero-order chi connectivity index (χ0) is 18.2. The van der Waals surface area contributed by atoms with Crippen LogP contribution in [-0.2, 0) is 9.59 Å². The number of carbonyl (C=O) groups excluding carboxylic acids is 2. The van der Waals surface area contributed by atoms with Crippen molar-refractivity contribution in [1.29, 1.82) is 0 Å². The molecule has 25 heavy (non-hydrogen) atoms. The number of amides is 2. The summed E-state index contributed by atoms with van der Waals surface area (Å²) >= 11 is 0. The second kappa shape index (κ2) is 9.44. The van der Waals surface area contributed by atoms with Gasteiger partial charge in [-0.1, -0.05) is 32.0 Å². The van der Waals surface area contributed by atoms with E-state index in [1.165, 1.54) is 5.69 Å². The van der Waals surface area contributed by atoms with Crippen LogP contribution in [-0.4, -0.2) is 49.4 Å². The van der Waals surface area contributed by atoms with Gasteiger partial charge in [0.05, 0.1) is 5.92 Å². The van der Waals surface area contributed by atoms with Gasteiger partial charge in [0.25, 0.3) is 0 Å². The maximum atomic E-state index is 12.3. The van der Waals surface area contributed by atoms with Gasteiger partial charge in [-0.3, -0.25) is 9.59 Å². The zero-order valence-corrected chi connectivity index (χ0v) is 15.7. The van der Waals surface area contributed by atoms with Gasteiger partial charge in [-0.15, -0.1) is 0 Å². The highest BCUT2D eigenvalue weighted by Gasteiger charge is 2.34. The van der Waals surface area contributed by atoms with Gasteiger partial charge in [-0.25, -0.2) is 0 Å². The summed E-state index contributed by atoms with van der Waals surface area (Å²) in [4.78, 5) is 28.4. The minimum Gasteiger partial charge on any atom is -0.372 e. The molecule has 0 aromatic heterocycles. The molecular weight excluding hydrogens is 314 g/mol. The van der Waals surface area contributed by atoms with Crippen LogP contribution in [0.5, 0.6) is 0 Å². The average molecular weight is 345 g/mol. The second-order valence-corrected chi connectivity index (χ2v) is 7.15. The molecule has 0 unspecified atom stereocenters. The number of hydrogen-bond donors (Lipinski definition) is 1. The number of nitrogens with one attached hydrogen (secondary N) is 1. The van der Waals surface area contributed by atoms with Crippen LogP contribution >= 0.6 is 0 Å². The van der Waals surface area contributed by atoms with E-state index < -0.39 is 0 Å². The smallest absolute Gasteiger partial charge is 0.225 e. The van der Waals surface area contributed by atoms with E-state index in [4.69, 9.17) is 0 Å². The summed E-state index contributed by atoms with van der Waals surface area (Å²) in [5, 5.41) is 3.01. The van der Waals surface area contributed by atoms with E-state index in [0.717, 1.165) is 26.1 Å². The summed E-state index contributed by atoms with van der Waals surface area (Å²) < 4.78 is 0. The molecular formula is C20H31N3O2. The topological polar surface area (TPSA) is 52.7 Å². The first-order chi connectivity index (χ1) is 12.0. The Morgan fingerprint density at radius 3 is 2.68 bits per heavy atom. The van der Waals surface area contributed by atoms with Crippen LogP contribution in [0.15, 0.2) is 30.3 Å². The van der Waals surface area contributed by atoms with E-state index in [1.807, 2.05) is 23.1 Å². The van der Waals surface area contributed by atoms with Crippen molar-refractivity contribution in [3.8, 4) is 0 Å². The van der Waals surface area contributed by atoms with Crippen molar-refractivity contribution >= 4 is 17.5 Å². The molecule has 5 nitrogen and oxygen atoms in total. The van der Waals surface area contributed by atoms with Crippen LogP contribution < -0.4 is 10.2 Å². The van der Waals surface area contributed by atoms with Gasteiger partial charge >= 0.3 is 0 Å². The van der Waals surface area contributed by atoms with Gasteiger partial charge in [0.1, 0.15) is 0 Å². The van der Waals surface area contributed by atoms with Crippen molar-refractivity contribution in [3.05, 3.63) is 30.3 Å². The lowest BCUT2D eigenvalue weighted by molar-refractivity contribution is -0.129. The van der Waals surface area contributed by atoms with E-state index in [1.54, 1.807) is 0 Å². The molecule has 2 rings (SSSR count). The van der Waals surface area contributed by atoms with Crippen molar-refractivity contribution < 1.29 is 9.59 Å². The summed E-state index contributed by atoms with van der Waals surface area (Å²) in [5.74, 6) is 0.365. The molecule has 5 heteroatoms. The van der Waals surface area contributed by atoms with Crippen LogP contribution in [0.2, 0.25) is 0 Å². The number of carbonyl (C=O) groups is 2. The number of benzene rings is 1. The normalized spacial score (nSPS) is 17.2. The molecule has 1 aromatic carbocycles. The standard InChI is InChI=1S/C20H31N3O2/c1-4-22(18-9-6-5-7-10-18)12-8-11-21-20(25)17-13-19(24)23(15-17)14-16(2)3/h5-7,9-10,16-17H,4,8,11-15H2,1-3H3,(H,21,25)/t17-/m0/s1. The summed E-state index contributed by atoms with van der Waals surface area (Å²) in [6, 6.07) is 10.3. The first-order valence-corrected chi connectivity index (χ1v) is 9.36. The third kappa shape index (κ3) is 5.76. The molecule has 1 fully saturated rings. The Balaban J connectivity index is 1.71. The van der Waals surface area contributed by atoms with Gasteiger partial charge < -0.3 is 15.1 Å². The maximum absolute atomic E-state index is 12.3. The van der Waals surface area contributed by atoms with Crippen molar-refractivity contribution in [3.63, 3.8) is 0 Å². The van der Waals surface area contributed by atoms with Crippen LogP contribution in [0.3, 0.4) is 0 Å². The molecule has 0 saturated carbocycles. The molecule has 1 heterocycles. The lowest BCUT2D eigenvalue weighted by atomic mass is 10.1. The number of nitrogens with zero attached hydrogens (tertiary/aromatic N) is 2. The van der Waals surface area contributed by atoms with Gasteiger partial charge in [0.15, 0.2) is 0 Å². The molecule has 2 amide bonds. The van der Waals surface area contributed by atoms with E-state index in [9.17, 15) is 9.59 Å². The Bertz CT molecular complexity index is 559. The monoisotopic (exact) mass is 345 g/mol. The molecule has 0 radical (unpaired) electrons. The van der Waals surface area contributed by atoms with Gasteiger partial charge in [0.2, 0.25) is 11.8 Å². The molecule has 138 valence electrons. The Kier molecular flexibility index (Phi) is 7.29. The Morgan fingerprint density at radius 2 is 2.04 bits per heavy atom. The quantitative estimate of drug-likeness (QED) is 0.700. The second-order valence-electron chi connectivity index (χ2n) is 7.15. The van der Waals surface area contributed by atoms with E-state index in [-0.39, 0.29) is 17.7 Å². The summed E-state index contributed by atoms with van der Waals surface area (Å²) in [5.41, 5.74) is 1.21. The molecule has 1 aromatic rings. The number of anilines is 1. The Morgan fingerprint density at radius 1 is 1.32 bits per heavy atom. The Hall–Kier alpha value is -2.04. The molecule has 1 atom stereocenters. The number of rotatable bonds is 9. The predicted octanol–water partition coefficient (Wildman–Crippen LogP) is 2.52. The number of hydrogen-bond acceptors (Lipinski definition) is 3. The lowest BCUT2D eigenvalue weighted by Crippen LogP contribution is -2.35. The van der Waals surface area contributed by atoms with Crippen molar-refractivity contribution in [2.24, 2.45) is 11.8 Å². The molecule has 1 aliphatic rings. The van der Waals surface area contributed by atoms with Crippen LogP contribution in [0.4, 0.5) is 5.69 Å². The van der Waals surface area contributed by atoms with E-state index in [2.05, 4.69) is 43.1 Å². The van der Waals surface area contributed by atoms with Gasteiger partial charge in [0, 0.05) is 44.8 Å². The maximum Gasteiger partial charge on any atom is 0.225 e. The van der Waals surface area contributed by atoms with Crippen LogP contribution in [0.1, 0.15) is 33.6 Å². The molecule has 0 spiro atoms. The first kappa shape index (κ1) is 19.3. The fraction of sp³-hybridized carbons (Fsp3) is 0.600. The van der Waals surface area contributed by atoms with E-state index in [0.29, 0.717) is 25.4 Å². The molecule has 0 aliphatic carbocycles. The Labute approximate surface area is 151 Å². The van der Waals surface area contributed by atoms with Gasteiger partial charge in [-0.2, -0.15) is 0 Å². The van der Waals surface area contributed by atoms with Crippen molar-refractivity contribution in [1.82, 2.24) is 10.2 Å². The lowest BCUT2D eigenvalue weighted by Gasteiger charge is -2.23. The highest BCUT2D eigenvalue weighted by molar-refractivity contribution is 5.89. The van der Waals surface area contributed by atoms with Crippen molar-refractivity contribution in [2.75, 3.05) is 37.6 Å². The van der Waals surface area contributed by atoms with Gasteiger partial charge in [-0.05, 0) is 31.4 Å². The predicted molar refractivity (Wildman–Crippen MR) is 101 cm³/mol. The average Bonchev–Trinajstić information content (AvgIpc) is 2.96. The molecule has 1 aliphatic heterocycles. The number of para-hydroxylation sites is 1. The largest absolute Gasteiger partial charge is 0.372 e. The fourth-order valence-corrected chi connectivity index (χ4v) is 3.30. The van der Waals surface area contributed by atoms with E-state index >= 15 is 0 Å². The summed E-state index contributed by atoms with van der Waals surface area (Å²) in [6.07, 6.45) is 1.24. The van der Waals surface area contributed by atoms with Crippen molar-refractivity contribution in [2.45, 2.75) is 33.6 Å². The minimum absolute atomic E-state index is 0.0161. The molecule has 1 saturated heterocycles. The SMILES string of the molecule is CCN(CCCNC(=O)[C@H]1CC(=O)N(CC(C)C)C1)c1ccccc1. The first-order valence-electron chi connectivity index (χ1n) is 9.36. The minimum atomic E-state index is -0.192. The third-order valence-corrected chi connectivity index (χ3v) is 4.58. The highest BCUT2D eigenvalue weighted by atomic mass is 16.2. The number of likely N-dealkylation sites (tertiary alicyclic amines) is 1. The zero-order valence-electron chi connectivity index (χ0n) is 15.7. The third-order valence-electron chi connectivity index (χ3n) is 4.58. The highest BCUT2D eigenvalue weighted by Crippen LogP contribution is 2.19. The molecule has 1 N–H and O–H groups in total. The molecule has 0 bridgehead atoms. The van der Waals surface area contributed by atoms with Crippen LogP contribution in [0.25, 0.3) is 0 Å². The van der Waals surface area contributed by atoms with Crippen LogP contribution in [0, 0.1) is 11.8 Å². The fourth-order valence-electron chi connectivity index (χ4n) is 3.30. The summed E-state index contributed by atoms with van der Waals surface area (Å²) in [7, 11) is 0.